The van der Waals surface area contributed by atoms with E-state index < -0.39 is 0 Å². The van der Waals surface area contributed by atoms with E-state index in [1.54, 1.807) is 0 Å². The van der Waals surface area contributed by atoms with Crippen LogP contribution in [0.2, 0.25) is 0 Å². The summed E-state index contributed by atoms with van der Waals surface area (Å²) < 4.78 is 6.54. The smallest absolute Gasteiger partial charge is 0.174 e. The molecule has 12 heavy (non-hydrogen) atoms. The maximum Gasteiger partial charge on any atom is 0.174 e. The van der Waals surface area contributed by atoms with Crippen molar-refractivity contribution >= 4 is 37.8 Å². The molecule has 1 aromatic carbocycles. The van der Waals surface area contributed by atoms with Gasteiger partial charge in [-0.05, 0) is 44.0 Å². The van der Waals surface area contributed by atoms with Crippen molar-refractivity contribution in [3.63, 3.8) is 0 Å². The van der Waals surface area contributed by atoms with Crippen molar-refractivity contribution in [2.24, 2.45) is 0 Å². The van der Waals surface area contributed by atoms with Crippen LogP contribution >= 0.6 is 31.9 Å². The Bertz CT molecular complexity index is 310. The lowest BCUT2D eigenvalue weighted by Gasteiger charge is -2.03. The van der Waals surface area contributed by atoms with Gasteiger partial charge in [-0.1, -0.05) is 6.07 Å². The fraction of sp³-hybridized carbons (Fsp3) is 0. The molecule has 0 spiro atoms. The normalized spacial score (nSPS) is 8.83. The molecule has 0 bridgehead atoms. The summed E-state index contributed by atoms with van der Waals surface area (Å²) in [4.78, 5) is 9.86. The molecule has 0 radical (unpaired) electrons. The molecule has 4 heteroatoms. The highest BCUT2D eigenvalue weighted by molar-refractivity contribution is 9.11. The highest BCUT2D eigenvalue weighted by Gasteiger charge is 2.03. The largest absolute Gasteiger partial charge is 0.451 e. The number of hydrogen-bond donors (Lipinski definition) is 0. The maximum atomic E-state index is 9.86. The first kappa shape index (κ1) is 9.52. The molecule has 0 fully saturated rings. The molecule has 0 N–H and O–H groups in total. The van der Waals surface area contributed by atoms with E-state index in [9.17, 15) is 4.79 Å². The van der Waals surface area contributed by atoms with Gasteiger partial charge in [0.25, 0.3) is 0 Å². The Morgan fingerprint density at radius 3 is 2.42 bits per heavy atom. The van der Waals surface area contributed by atoms with Gasteiger partial charge in [-0.25, -0.2) is 4.79 Å². The van der Waals surface area contributed by atoms with E-state index in [2.05, 4.69) is 31.9 Å². The van der Waals surface area contributed by atoms with Crippen molar-refractivity contribution in [3.05, 3.63) is 33.4 Å². The van der Waals surface area contributed by atoms with Crippen molar-refractivity contribution in [3.8, 4) is 5.75 Å². The molecule has 0 aliphatic heterocycles. The lowest BCUT2D eigenvalue weighted by atomic mass is 10.3. The van der Waals surface area contributed by atoms with Crippen LogP contribution in [0.15, 0.2) is 33.4 Å². The first-order chi connectivity index (χ1) is 5.75. The summed E-state index contributed by atoms with van der Waals surface area (Å²) in [6.45, 7) is 0. The summed E-state index contributed by atoms with van der Waals surface area (Å²) >= 11 is 6.54. The van der Waals surface area contributed by atoms with E-state index in [0.717, 1.165) is 15.2 Å². The minimum absolute atomic E-state index is 0.570. The minimum Gasteiger partial charge on any atom is -0.451 e. The van der Waals surface area contributed by atoms with Crippen molar-refractivity contribution in [1.82, 2.24) is 0 Å². The van der Waals surface area contributed by atoms with Gasteiger partial charge >= 0.3 is 0 Å². The average Bonchev–Trinajstić information content (AvgIpc) is 2.04. The molecular formula is C8H4Br2O2. The van der Waals surface area contributed by atoms with Crippen LogP contribution in [-0.2, 0) is 4.79 Å². The molecule has 0 heterocycles. The molecule has 0 aromatic heterocycles. The van der Waals surface area contributed by atoms with Crippen molar-refractivity contribution in [2.75, 3.05) is 0 Å². The van der Waals surface area contributed by atoms with E-state index in [1.165, 1.54) is 5.94 Å². The van der Waals surface area contributed by atoms with Crippen molar-refractivity contribution in [1.29, 1.82) is 0 Å². The summed E-state index contributed by atoms with van der Waals surface area (Å²) in [6, 6.07) is 5.49. The molecule has 62 valence electrons. The summed E-state index contributed by atoms with van der Waals surface area (Å²) in [5.41, 5.74) is 0. The first-order valence-corrected chi connectivity index (χ1v) is 4.64. The van der Waals surface area contributed by atoms with E-state index in [1.807, 2.05) is 18.2 Å². The topological polar surface area (TPSA) is 26.3 Å². The van der Waals surface area contributed by atoms with E-state index >= 15 is 0 Å². The molecule has 1 aromatic rings. The molecule has 0 unspecified atom stereocenters. The number of carbonyl (C=O) groups excluding carboxylic acids is 1. The van der Waals surface area contributed by atoms with E-state index in [4.69, 9.17) is 4.74 Å². The highest BCUT2D eigenvalue weighted by Crippen LogP contribution is 2.32. The number of halogens is 2. The van der Waals surface area contributed by atoms with Gasteiger partial charge in [0.15, 0.2) is 18.0 Å². The molecule has 0 saturated carbocycles. The molecule has 0 aliphatic rings. The Morgan fingerprint density at radius 2 is 1.92 bits per heavy atom. The predicted molar refractivity (Wildman–Crippen MR) is 52.7 cm³/mol. The minimum atomic E-state index is 0.570. The van der Waals surface area contributed by atoms with Crippen LogP contribution in [-0.4, -0.2) is 5.94 Å². The molecular weight excluding hydrogens is 288 g/mol. The Kier molecular flexibility index (Phi) is 3.53. The zero-order chi connectivity index (χ0) is 8.97. The Morgan fingerprint density at radius 1 is 1.33 bits per heavy atom. The number of hydrogen-bond acceptors (Lipinski definition) is 2. The fourth-order valence-electron chi connectivity index (χ4n) is 0.678. The molecule has 1 rings (SSSR count). The third-order valence-electron chi connectivity index (χ3n) is 1.14. The van der Waals surface area contributed by atoms with Crippen LogP contribution in [0.3, 0.4) is 0 Å². The fourth-order valence-corrected chi connectivity index (χ4v) is 1.86. The van der Waals surface area contributed by atoms with Gasteiger partial charge < -0.3 is 4.74 Å². The quantitative estimate of drug-likeness (QED) is 0.619. The number of para-hydroxylation sites is 1. The van der Waals surface area contributed by atoms with E-state index in [0.29, 0.717) is 5.75 Å². The van der Waals surface area contributed by atoms with Crippen molar-refractivity contribution < 1.29 is 9.53 Å². The second kappa shape index (κ2) is 4.45. The number of benzene rings is 1. The van der Waals surface area contributed by atoms with Crippen LogP contribution in [0.5, 0.6) is 5.75 Å². The van der Waals surface area contributed by atoms with Crippen LogP contribution in [0.4, 0.5) is 0 Å². The summed E-state index contributed by atoms with van der Waals surface area (Å²) in [6.07, 6.45) is 0.963. The van der Waals surface area contributed by atoms with Gasteiger partial charge in [-0.3, -0.25) is 0 Å². The third kappa shape index (κ3) is 2.21. The molecule has 0 amide bonds. The molecule has 0 aliphatic carbocycles. The van der Waals surface area contributed by atoms with Gasteiger partial charge in [-0.2, -0.15) is 0 Å². The zero-order valence-electron chi connectivity index (χ0n) is 5.88. The summed E-state index contributed by atoms with van der Waals surface area (Å²) in [5, 5.41) is 0. The Hall–Kier alpha value is -0.570. The van der Waals surface area contributed by atoms with E-state index in [-0.39, 0.29) is 0 Å². The average molecular weight is 292 g/mol. The van der Waals surface area contributed by atoms with Gasteiger partial charge in [0.1, 0.15) is 0 Å². The molecule has 0 atom stereocenters. The lowest BCUT2D eigenvalue weighted by molar-refractivity contribution is 0.471. The first-order valence-electron chi connectivity index (χ1n) is 3.05. The lowest BCUT2D eigenvalue weighted by Crippen LogP contribution is -1.84. The molecule has 2 nitrogen and oxygen atoms in total. The van der Waals surface area contributed by atoms with Gasteiger partial charge in [-0.15, -0.1) is 0 Å². The standard InChI is InChI=1S/C8H4Br2O2/c9-6-2-1-3-7(10)8(6)12-5-4-11/h1-3,5H. The zero-order valence-corrected chi connectivity index (χ0v) is 9.05. The van der Waals surface area contributed by atoms with Crippen LogP contribution in [0, 0.1) is 0 Å². The maximum absolute atomic E-state index is 9.86. The number of rotatable bonds is 2. The van der Waals surface area contributed by atoms with Crippen molar-refractivity contribution in [2.45, 2.75) is 0 Å². The van der Waals surface area contributed by atoms with Crippen LogP contribution in [0.25, 0.3) is 0 Å². The predicted octanol–water partition coefficient (Wildman–Crippen LogP) is 2.94. The number of ether oxygens (including phenoxy) is 1. The second-order valence-electron chi connectivity index (χ2n) is 1.90. The van der Waals surface area contributed by atoms with Crippen LogP contribution in [0.1, 0.15) is 0 Å². The molecule has 0 saturated heterocycles. The summed E-state index contributed by atoms with van der Waals surface area (Å²) in [5.74, 6) is 2.10. The third-order valence-corrected chi connectivity index (χ3v) is 2.39. The Labute approximate surface area is 86.5 Å². The van der Waals surface area contributed by atoms with Crippen LogP contribution < -0.4 is 4.74 Å². The van der Waals surface area contributed by atoms with Gasteiger partial charge in [0.05, 0.1) is 8.95 Å². The SMILES string of the molecule is O=C=COc1c(Br)cccc1Br. The second-order valence-corrected chi connectivity index (χ2v) is 3.61. The Balaban J connectivity index is 3.03. The summed E-state index contributed by atoms with van der Waals surface area (Å²) in [7, 11) is 0. The van der Waals surface area contributed by atoms with Gasteiger partial charge in [0, 0.05) is 0 Å². The highest BCUT2D eigenvalue weighted by atomic mass is 79.9. The van der Waals surface area contributed by atoms with Gasteiger partial charge in [0.2, 0.25) is 0 Å². The monoisotopic (exact) mass is 290 g/mol.